The van der Waals surface area contributed by atoms with Crippen LogP contribution in [0.15, 0.2) is 18.3 Å². The monoisotopic (exact) mass is 266 g/mol. The Morgan fingerprint density at radius 2 is 2.11 bits per heavy atom. The topological polar surface area (TPSA) is 68.7 Å². The number of carbonyl (C=O) groups excluding carboxylic acids is 2. The van der Waals surface area contributed by atoms with Gasteiger partial charge in [-0.1, -0.05) is 0 Å². The number of hydrogen-bond donors (Lipinski definition) is 0. The average molecular weight is 266 g/mol. The SMILES string of the molecule is COC(=O)CCCN(C)C(=O)c1cccnc1OC. The van der Waals surface area contributed by atoms with Gasteiger partial charge < -0.3 is 14.4 Å². The molecule has 0 N–H and O–H groups in total. The molecular weight excluding hydrogens is 248 g/mol. The molecule has 0 saturated carbocycles. The van der Waals surface area contributed by atoms with Crippen LogP contribution in [0.5, 0.6) is 5.88 Å². The van der Waals surface area contributed by atoms with Gasteiger partial charge in [-0.15, -0.1) is 0 Å². The summed E-state index contributed by atoms with van der Waals surface area (Å²) >= 11 is 0. The van der Waals surface area contributed by atoms with Gasteiger partial charge in [-0.05, 0) is 18.6 Å². The van der Waals surface area contributed by atoms with E-state index in [1.54, 1.807) is 25.4 Å². The van der Waals surface area contributed by atoms with E-state index < -0.39 is 0 Å². The lowest BCUT2D eigenvalue weighted by Crippen LogP contribution is -2.28. The average Bonchev–Trinajstić information content (AvgIpc) is 2.45. The minimum absolute atomic E-state index is 0.185. The first-order valence-corrected chi connectivity index (χ1v) is 5.91. The van der Waals surface area contributed by atoms with Crippen molar-refractivity contribution >= 4 is 11.9 Å². The van der Waals surface area contributed by atoms with Crippen LogP contribution in [0, 0.1) is 0 Å². The number of esters is 1. The van der Waals surface area contributed by atoms with Crippen LogP contribution < -0.4 is 4.74 Å². The van der Waals surface area contributed by atoms with Gasteiger partial charge in [0.15, 0.2) is 0 Å². The molecule has 104 valence electrons. The maximum Gasteiger partial charge on any atom is 0.305 e. The fraction of sp³-hybridized carbons (Fsp3) is 0.462. The van der Waals surface area contributed by atoms with E-state index in [1.807, 2.05) is 0 Å². The first kappa shape index (κ1) is 14.9. The summed E-state index contributed by atoms with van der Waals surface area (Å²) in [6.45, 7) is 0.464. The lowest BCUT2D eigenvalue weighted by atomic mass is 10.2. The maximum atomic E-state index is 12.2. The lowest BCUT2D eigenvalue weighted by Gasteiger charge is -2.17. The third kappa shape index (κ3) is 4.24. The van der Waals surface area contributed by atoms with Crippen molar-refractivity contribution < 1.29 is 19.1 Å². The molecule has 1 heterocycles. The molecule has 6 nitrogen and oxygen atoms in total. The number of aromatic nitrogens is 1. The first-order valence-electron chi connectivity index (χ1n) is 5.91. The molecule has 0 bridgehead atoms. The van der Waals surface area contributed by atoms with Gasteiger partial charge in [0.25, 0.3) is 5.91 Å². The molecule has 0 unspecified atom stereocenters. The molecule has 0 aliphatic rings. The molecule has 0 radical (unpaired) electrons. The summed E-state index contributed by atoms with van der Waals surface area (Å²) in [5.41, 5.74) is 0.408. The second-order valence-electron chi connectivity index (χ2n) is 3.97. The van der Waals surface area contributed by atoms with Gasteiger partial charge in [-0.3, -0.25) is 9.59 Å². The van der Waals surface area contributed by atoms with E-state index in [4.69, 9.17) is 4.74 Å². The Morgan fingerprint density at radius 1 is 1.37 bits per heavy atom. The highest BCUT2D eigenvalue weighted by molar-refractivity contribution is 5.96. The molecule has 1 amide bonds. The van der Waals surface area contributed by atoms with E-state index in [9.17, 15) is 9.59 Å². The van der Waals surface area contributed by atoms with Crippen LogP contribution in [0.2, 0.25) is 0 Å². The zero-order valence-electron chi connectivity index (χ0n) is 11.4. The van der Waals surface area contributed by atoms with Gasteiger partial charge in [0.05, 0.1) is 14.2 Å². The molecule has 6 heteroatoms. The molecule has 1 aromatic heterocycles. The Morgan fingerprint density at radius 3 is 2.74 bits per heavy atom. The zero-order chi connectivity index (χ0) is 14.3. The molecule has 0 spiro atoms. The van der Waals surface area contributed by atoms with Crippen LogP contribution in [-0.4, -0.2) is 49.6 Å². The highest BCUT2D eigenvalue weighted by atomic mass is 16.5. The van der Waals surface area contributed by atoms with Gasteiger partial charge in [0, 0.05) is 26.2 Å². The number of nitrogens with zero attached hydrogens (tertiary/aromatic N) is 2. The summed E-state index contributed by atoms with van der Waals surface area (Å²) < 4.78 is 9.59. The van der Waals surface area contributed by atoms with E-state index in [2.05, 4.69) is 9.72 Å². The van der Waals surface area contributed by atoms with E-state index in [0.717, 1.165) is 0 Å². The molecule has 0 aliphatic carbocycles. The normalized spacial score (nSPS) is 9.84. The van der Waals surface area contributed by atoms with Crippen LogP contribution in [0.3, 0.4) is 0 Å². The van der Waals surface area contributed by atoms with E-state index in [0.29, 0.717) is 24.4 Å². The number of ether oxygens (including phenoxy) is 2. The highest BCUT2D eigenvalue weighted by Gasteiger charge is 2.17. The molecule has 0 saturated heterocycles. The lowest BCUT2D eigenvalue weighted by molar-refractivity contribution is -0.140. The number of carbonyl (C=O) groups is 2. The molecule has 0 aliphatic heterocycles. The number of hydrogen-bond acceptors (Lipinski definition) is 5. The third-order valence-corrected chi connectivity index (χ3v) is 2.64. The molecule has 1 rings (SSSR count). The number of pyridine rings is 1. The van der Waals surface area contributed by atoms with E-state index >= 15 is 0 Å². The van der Waals surface area contributed by atoms with Crippen molar-refractivity contribution in [2.75, 3.05) is 27.8 Å². The van der Waals surface area contributed by atoms with Gasteiger partial charge in [-0.2, -0.15) is 0 Å². The number of methoxy groups -OCH3 is 2. The van der Waals surface area contributed by atoms with Crippen molar-refractivity contribution in [3.8, 4) is 5.88 Å². The molecule has 0 atom stereocenters. The second-order valence-corrected chi connectivity index (χ2v) is 3.97. The fourth-order valence-electron chi connectivity index (χ4n) is 1.59. The Hall–Kier alpha value is -2.11. The van der Waals surface area contributed by atoms with Crippen LogP contribution in [0.1, 0.15) is 23.2 Å². The molecule has 0 fully saturated rings. The molecule has 19 heavy (non-hydrogen) atoms. The summed E-state index contributed by atoms with van der Waals surface area (Å²) in [6.07, 6.45) is 2.41. The zero-order valence-corrected chi connectivity index (χ0v) is 11.4. The van der Waals surface area contributed by atoms with Gasteiger partial charge in [0.2, 0.25) is 5.88 Å². The van der Waals surface area contributed by atoms with Crippen LogP contribution in [0.4, 0.5) is 0 Å². The maximum absolute atomic E-state index is 12.2. The smallest absolute Gasteiger partial charge is 0.305 e. The van der Waals surface area contributed by atoms with Crippen molar-refractivity contribution in [2.24, 2.45) is 0 Å². The fourth-order valence-corrected chi connectivity index (χ4v) is 1.59. The van der Waals surface area contributed by atoms with Crippen molar-refractivity contribution in [1.82, 2.24) is 9.88 Å². The molecule has 1 aromatic rings. The van der Waals surface area contributed by atoms with Crippen molar-refractivity contribution in [2.45, 2.75) is 12.8 Å². The summed E-state index contributed by atoms with van der Waals surface area (Å²) in [7, 11) is 4.49. The van der Waals surface area contributed by atoms with E-state index in [1.165, 1.54) is 19.1 Å². The second kappa shape index (κ2) is 7.35. The highest BCUT2D eigenvalue weighted by Crippen LogP contribution is 2.15. The minimum atomic E-state index is -0.278. The summed E-state index contributed by atoms with van der Waals surface area (Å²) in [6, 6.07) is 3.34. The van der Waals surface area contributed by atoms with Gasteiger partial charge in [-0.25, -0.2) is 4.98 Å². The summed E-state index contributed by atoms with van der Waals surface area (Å²) in [4.78, 5) is 28.6. The quantitative estimate of drug-likeness (QED) is 0.722. The number of rotatable bonds is 6. The molecule has 0 aromatic carbocycles. The Labute approximate surface area is 112 Å². The summed E-state index contributed by atoms with van der Waals surface area (Å²) in [5.74, 6) is -0.165. The Bertz CT molecular complexity index is 448. The first-order chi connectivity index (χ1) is 9.10. The molecular formula is C13H18N2O4. The third-order valence-electron chi connectivity index (χ3n) is 2.64. The van der Waals surface area contributed by atoms with Crippen LogP contribution >= 0.6 is 0 Å². The van der Waals surface area contributed by atoms with Crippen LogP contribution in [0.25, 0.3) is 0 Å². The van der Waals surface area contributed by atoms with Gasteiger partial charge in [0.1, 0.15) is 5.56 Å². The minimum Gasteiger partial charge on any atom is -0.480 e. The number of amides is 1. The Kier molecular flexibility index (Phi) is 5.78. The van der Waals surface area contributed by atoms with Crippen molar-refractivity contribution in [3.63, 3.8) is 0 Å². The van der Waals surface area contributed by atoms with Crippen molar-refractivity contribution in [1.29, 1.82) is 0 Å². The van der Waals surface area contributed by atoms with Crippen molar-refractivity contribution in [3.05, 3.63) is 23.9 Å². The van der Waals surface area contributed by atoms with Gasteiger partial charge >= 0.3 is 5.97 Å². The van der Waals surface area contributed by atoms with E-state index in [-0.39, 0.29) is 18.3 Å². The Balaban J connectivity index is 2.59. The summed E-state index contributed by atoms with van der Waals surface area (Å²) in [5, 5.41) is 0. The predicted octanol–water partition coefficient (Wildman–Crippen LogP) is 1.12. The largest absolute Gasteiger partial charge is 0.480 e. The van der Waals surface area contributed by atoms with Crippen LogP contribution in [-0.2, 0) is 9.53 Å². The standard InChI is InChI=1S/C13H18N2O4/c1-15(9-5-7-11(16)18-2)13(17)10-6-4-8-14-12(10)19-3/h4,6,8H,5,7,9H2,1-3H3. The predicted molar refractivity (Wildman–Crippen MR) is 69.0 cm³/mol.